The van der Waals surface area contributed by atoms with Gasteiger partial charge in [-0.1, -0.05) is 140 Å². The predicted octanol–water partition coefficient (Wildman–Crippen LogP) is 15.1. The maximum Gasteiger partial charge on any atom is 0.136 e. The third-order valence-corrected chi connectivity index (χ3v) is 11.4. The third kappa shape index (κ3) is 4.22. The SMILES string of the molecule is c1ccc(-c2ccc(-c3c4ccccc4c(-c4ccc5oc6cc7cc8c(cc7cc6c5c4)oc4ccccc48)c4ccccc34)c3ccccc23)cc1. The predicted molar refractivity (Wildman–Crippen MR) is 227 cm³/mol. The molecule has 0 radical (unpaired) electrons. The first-order valence-corrected chi connectivity index (χ1v) is 18.5. The molecule has 12 rings (SSSR count). The van der Waals surface area contributed by atoms with Gasteiger partial charge in [0.2, 0.25) is 0 Å². The molecule has 0 fully saturated rings. The average Bonchev–Trinajstić information content (AvgIpc) is 3.77. The summed E-state index contributed by atoms with van der Waals surface area (Å²) in [4.78, 5) is 0. The number of rotatable bonds is 3. The Bertz CT molecular complexity index is 3430. The fraction of sp³-hybridized carbons (Fsp3) is 0. The van der Waals surface area contributed by atoms with Gasteiger partial charge in [0, 0.05) is 21.5 Å². The number of fused-ring (bicyclic) bond motifs is 10. The molecule has 12 aromatic rings. The first-order valence-electron chi connectivity index (χ1n) is 18.5. The van der Waals surface area contributed by atoms with E-state index >= 15 is 0 Å². The van der Waals surface area contributed by atoms with Gasteiger partial charge in [0.15, 0.2) is 0 Å². The summed E-state index contributed by atoms with van der Waals surface area (Å²) in [6, 6.07) is 65.7. The Balaban J connectivity index is 1.10. The lowest BCUT2D eigenvalue weighted by Crippen LogP contribution is -1.92. The molecule has 2 heteroatoms. The molecule has 0 unspecified atom stereocenters. The molecular formula is C52H30O2. The molecule has 2 aromatic heterocycles. The topological polar surface area (TPSA) is 26.3 Å². The fourth-order valence-electron chi connectivity index (χ4n) is 9.01. The Morgan fingerprint density at radius 2 is 0.704 bits per heavy atom. The van der Waals surface area contributed by atoms with Crippen LogP contribution in [-0.2, 0) is 0 Å². The van der Waals surface area contributed by atoms with Crippen LogP contribution in [0.1, 0.15) is 0 Å². The van der Waals surface area contributed by atoms with E-state index in [1.54, 1.807) is 0 Å². The first kappa shape index (κ1) is 29.4. The highest BCUT2D eigenvalue weighted by Gasteiger charge is 2.20. The van der Waals surface area contributed by atoms with E-state index in [1.165, 1.54) is 65.7 Å². The Hall–Kier alpha value is -7.16. The summed E-state index contributed by atoms with van der Waals surface area (Å²) in [6.45, 7) is 0. The number of para-hydroxylation sites is 1. The normalized spacial score (nSPS) is 12.1. The Morgan fingerprint density at radius 1 is 0.241 bits per heavy atom. The molecule has 0 aliphatic carbocycles. The highest BCUT2D eigenvalue weighted by atomic mass is 16.3. The molecule has 0 saturated carbocycles. The lowest BCUT2D eigenvalue weighted by atomic mass is 9.83. The number of hydrogen-bond acceptors (Lipinski definition) is 2. The minimum atomic E-state index is 0.883. The molecule has 250 valence electrons. The van der Waals surface area contributed by atoms with Crippen LogP contribution in [0, 0.1) is 0 Å². The second kappa shape index (κ2) is 11.2. The van der Waals surface area contributed by atoms with Crippen molar-refractivity contribution in [2.24, 2.45) is 0 Å². The summed E-state index contributed by atoms with van der Waals surface area (Å²) in [5, 5.41) is 14.2. The minimum Gasteiger partial charge on any atom is -0.456 e. The summed E-state index contributed by atoms with van der Waals surface area (Å²) in [7, 11) is 0. The molecule has 54 heavy (non-hydrogen) atoms. The zero-order chi connectivity index (χ0) is 35.3. The molecule has 0 bridgehead atoms. The maximum absolute atomic E-state index is 6.54. The van der Waals surface area contributed by atoms with E-state index in [9.17, 15) is 0 Å². The van der Waals surface area contributed by atoms with E-state index < -0.39 is 0 Å². The third-order valence-electron chi connectivity index (χ3n) is 11.4. The van der Waals surface area contributed by atoms with Crippen molar-refractivity contribution in [2.45, 2.75) is 0 Å². The van der Waals surface area contributed by atoms with Crippen molar-refractivity contribution in [3.63, 3.8) is 0 Å². The highest BCUT2D eigenvalue weighted by Crippen LogP contribution is 2.47. The molecule has 0 spiro atoms. The van der Waals surface area contributed by atoms with Gasteiger partial charge in [0.1, 0.15) is 22.3 Å². The summed E-state index contributed by atoms with van der Waals surface area (Å²) in [6.07, 6.45) is 0. The molecule has 2 nitrogen and oxygen atoms in total. The largest absolute Gasteiger partial charge is 0.456 e. The minimum absolute atomic E-state index is 0.883. The van der Waals surface area contributed by atoms with E-state index in [0.717, 1.165) is 54.6 Å². The van der Waals surface area contributed by atoms with Gasteiger partial charge in [-0.25, -0.2) is 0 Å². The van der Waals surface area contributed by atoms with Crippen LogP contribution in [-0.4, -0.2) is 0 Å². The molecule has 0 N–H and O–H groups in total. The van der Waals surface area contributed by atoms with Crippen molar-refractivity contribution in [3.8, 4) is 33.4 Å². The molecule has 0 saturated heterocycles. The maximum atomic E-state index is 6.54. The summed E-state index contributed by atoms with van der Waals surface area (Å²) >= 11 is 0. The van der Waals surface area contributed by atoms with Gasteiger partial charge < -0.3 is 8.83 Å². The summed E-state index contributed by atoms with van der Waals surface area (Å²) in [5.74, 6) is 0. The van der Waals surface area contributed by atoms with Gasteiger partial charge in [-0.2, -0.15) is 0 Å². The average molecular weight is 687 g/mol. The van der Waals surface area contributed by atoms with E-state index in [1.807, 2.05) is 12.1 Å². The van der Waals surface area contributed by atoms with Crippen molar-refractivity contribution >= 4 is 87.0 Å². The number of benzene rings is 10. The lowest BCUT2D eigenvalue weighted by Gasteiger charge is -2.19. The second-order valence-electron chi connectivity index (χ2n) is 14.4. The van der Waals surface area contributed by atoms with Crippen LogP contribution in [0.4, 0.5) is 0 Å². The molecular weight excluding hydrogens is 657 g/mol. The van der Waals surface area contributed by atoms with Crippen molar-refractivity contribution in [2.75, 3.05) is 0 Å². The van der Waals surface area contributed by atoms with Crippen LogP contribution in [0.2, 0.25) is 0 Å². The van der Waals surface area contributed by atoms with Crippen LogP contribution in [0.5, 0.6) is 0 Å². The van der Waals surface area contributed by atoms with Gasteiger partial charge in [0.25, 0.3) is 0 Å². The van der Waals surface area contributed by atoms with E-state index in [0.29, 0.717) is 0 Å². The number of furan rings is 2. The van der Waals surface area contributed by atoms with Crippen LogP contribution in [0.15, 0.2) is 191 Å². The quantitative estimate of drug-likeness (QED) is 0.173. The second-order valence-corrected chi connectivity index (χ2v) is 14.4. The van der Waals surface area contributed by atoms with Crippen LogP contribution < -0.4 is 0 Å². The Labute approximate surface area is 310 Å². The van der Waals surface area contributed by atoms with Crippen molar-refractivity contribution in [1.29, 1.82) is 0 Å². The van der Waals surface area contributed by atoms with Gasteiger partial charge >= 0.3 is 0 Å². The highest BCUT2D eigenvalue weighted by molar-refractivity contribution is 6.25. The van der Waals surface area contributed by atoms with Crippen molar-refractivity contribution < 1.29 is 8.83 Å². The van der Waals surface area contributed by atoms with Crippen molar-refractivity contribution in [3.05, 3.63) is 182 Å². The van der Waals surface area contributed by atoms with Crippen LogP contribution >= 0.6 is 0 Å². The molecule has 2 heterocycles. The van der Waals surface area contributed by atoms with Gasteiger partial charge in [-0.15, -0.1) is 0 Å². The fourth-order valence-corrected chi connectivity index (χ4v) is 9.01. The van der Waals surface area contributed by atoms with E-state index in [2.05, 4.69) is 170 Å². The molecule has 0 aliphatic rings. The van der Waals surface area contributed by atoms with Gasteiger partial charge in [-0.3, -0.25) is 0 Å². The van der Waals surface area contributed by atoms with Crippen LogP contribution in [0.25, 0.3) is 120 Å². The smallest absolute Gasteiger partial charge is 0.136 e. The molecule has 0 aliphatic heterocycles. The van der Waals surface area contributed by atoms with E-state index in [4.69, 9.17) is 8.83 Å². The van der Waals surface area contributed by atoms with E-state index in [-0.39, 0.29) is 0 Å². The van der Waals surface area contributed by atoms with Gasteiger partial charge in [-0.05, 0) is 119 Å². The summed E-state index contributed by atoms with van der Waals surface area (Å²) in [5.41, 5.74) is 11.0. The monoisotopic (exact) mass is 686 g/mol. The zero-order valence-electron chi connectivity index (χ0n) is 29.1. The molecule has 0 amide bonds. The first-order chi connectivity index (χ1) is 26.8. The van der Waals surface area contributed by atoms with Crippen LogP contribution in [0.3, 0.4) is 0 Å². The van der Waals surface area contributed by atoms with Gasteiger partial charge in [0.05, 0.1) is 0 Å². The number of hydrogen-bond donors (Lipinski definition) is 0. The standard InChI is InChI=1S/C52H30O2/c1-2-12-31(13-3-1)35-23-24-43(37-15-5-4-14-36(35)37)52-41-19-8-6-17-39(41)51(40-18-7-9-20-42(40)52)32-22-25-48-45(26-32)46-28-34-29-49-44(27-33(34)30-50(46)54-48)38-16-10-11-21-47(38)53-49/h1-30H. The summed E-state index contributed by atoms with van der Waals surface area (Å²) < 4.78 is 12.8. The van der Waals surface area contributed by atoms with Crippen molar-refractivity contribution in [1.82, 2.24) is 0 Å². The lowest BCUT2D eigenvalue weighted by molar-refractivity contribution is 0.668. The zero-order valence-corrected chi connectivity index (χ0v) is 29.1. The molecule has 0 atom stereocenters. The Kier molecular flexibility index (Phi) is 6.09. The molecule has 10 aromatic carbocycles. The Morgan fingerprint density at radius 3 is 1.35 bits per heavy atom.